The number of hydrogen-bond acceptors (Lipinski definition) is 6. The number of nitrogens with zero attached hydrogens (tertiary/aromatic N) is 1. The van der Waals surface area contributed by atoms with E-state index in [0.717, 1.165) is 4.90 Å². The molecule has 1 aromatic rings. The van der Waals surface area contributed by atoms with E-state index in [1.807, 2.05) is 10.6 Å². The normalized spacial score (nSPS) is 16.6. The minimum Gasteiger partial charge on any atom is -0.465 e. The molecule has 2 aliphatic heterocycles. The zero-order valence-corrected chi connectivity index (χ0v) is 13.1. The second-order valence-corrected chi connectivity index (χ2v) is 5.20. The van der Waals surface area contributed by atoms with Crippen LogP contribution in [0.2, 0.25) is 0 Å². The van der Waals surface area contributed by atoms with Gasteiger partial charge in [-0.25, -0.2) is 4.79 Å². The maximum absolute atomic E-state index is 12.8. The monoisotopic (exact) mass is 343 g/mol. The van der Waals surface area contributed by atoms with E-state index in [2.05, 4.69) is 0 Å². The molecule has 1 fully saturated rings. The Kier molecular flexibility index (Phi) is 4.05. The van der Waals surface area contributed by atoms with Gasteiger partial charge >= 0.3 is 12.0 Å². The summed E-state index contributed by atoms with van der Waals surface area (Å²) in [5.41, 5.74) is 0.0674. The lowest BCUT2D eigenvalue weighted by Crippen LogP contribution is -2.52. The Morgan fingerprint density at radius 1 is 1.04 bits per heavy atom. The van der Waals surface area contributed by atoms with Crippen molar-refractivity contribution >= 4 is 41.0 Å². The summed E-state index contributed by atoms with van der Waals surface area (Å²) in [4.78, 5) is 61.1. The minimum atomic E-state index is -0.968. The summed E-state index contributed by atoms with van der Waals surface area (Å²) < 4.78 is 4.85. The largest absolute Gasteiger partial charge is 0.465 e. The molecule has 2 N–H and O–H groups in total. The lowest BCUT2D eigenvalue weighted by molar-refractivity contribution is -0.142. The van der Waals surface area contributed by atoms with Gasteiger partial charge in [-0.2, -0.15) is 0 Å². The maximum atomic E-state index is 12.8. The van der Waals surface area contributed by atoms with Crippen LogP contribution in [0.1, 0.15) is 12.5 Å². The highest BCUT2D eigenvalue weighted by Crippen LogP contribution is 2.38. The lowest BCUT2D eigenvalue weighted by Gasteiger charge is -2.17. The minimum absolute atomic E-state index is 0.156. The molecule has 0 spiro atoms. The average molecular weight is 343 g/mol. The average Bonchev–Trinajstić information content (AvgIpc) is 2.80. The van der Waals surface area contributed by atoms with E-state index in [4.69, 9.17) is 4.74 Å². The molecule has 0 radical (unpaired) electrons. The van der Waals surface area contributed by atoms with Crippen molar-refractivity contribution in [1.29, 1.82) is 0 Å². The van der Waals surface area contributed by atoms with Crippen molar-refractivity contribution < 1.29 is 28.7 Å². The molecule has 0 saturated carbocycles. The molecular formula is C16H13N3O6. The van der Waals surface area contributed by atoms with Crippen LogP contribution in [-0.4, -0.2) is 42.9 Å². The lowest BCUT2D eigenvalue weighted by atomic mass is 9.99. The maximum Gasteiger partial charge on any atom is 0.328 e. The molecule has 0 unspecified atom stereocenters. The van der Waals surface area contributed by atoms with Gasteiger partial charge in [-0.3, -0.25) is 34.7 Å². The molecule has 0 aromatic heterocycles. The van der Waals surface area contributed by atoms with Crippen molar-refractivity contribution in [1.82, 2.24) is 10.6 Å². The van der Waals surface area contributed by atoms with Gasteiger partial charge in [0.2, 0.25) is 0 Å². The van der Waals surface area contributed by atoms with Gasteiger partial charge in [0.25, 0.3) is 17.7 Å². The van der Waals surface area contributed by atoms with Crippen molar-refractivity contribution in [3.05, 3.63) is 35.4 Å². The Hall–Kier alpha value is -3.49. The molecule has 2 heterocycles. The Morgan fingerprint density at radius 2 is 1.68 bits per heavy atom. The summed E-state index contributed by atoms with van der Waals surface area (Å²) in [5, 5.41) is 3.87. The number of barbiturate groups is 1. The van der Waals surface area contributed by atoms with Gasteiger partial charge in [-0.1, -0.05) is 18.2 Å². The number of ether oxygens (including phenoxy) is 1. The molecule has 25 heavy (non-hydrogen) atoms. The molecule has 2 aliphatic rings. The van der Waals surface area contributed by atoms with E-state index >= 15 is 0 Å². The molecule has 1 aromatic carbocycles. The van der Waals surface area contributed by atoms with Gasteiger partial charge in [0.1, 0.15) is 12.1 Å². The summed E-state index contributed by atoms with van der Waals surface area (Å²) in [6.45, 7) is 1.44. The van der Waals surface area contributed by atoms with Crippen LogP contribution >= 0.6 is 0 Å². The number of benzene rings is 1. The highest BCUT2D eigenvalue weighted by molar-refractivity contribution is 6.44. The molecular weight excluding hydrogens is 330 g/mol. The van der Waals surface area contributed by atoms with Crippen molar-refractivity contribution in [3.63, 3.8) is 0 Å². The van der Waals surface area contributed by atoms with Crippen LogP contribution in [0.4, 0.5) is 10.5 Å². The fraction of sp³-hybridized carbons (Fsp3) is 0.188. The van der Waals surface area contributed by atoms with Crippen LogP contribution < -0.4 is 15.5 Å². The van der Waals surface area contributed by atoms with Crippen LogP contribution in [0.3, 0.4) is 0 Å². The van der Waals surface area contributed by atoms with Crippen LogP contribution in [0.15, 0.2) is 29.8 Å². The summed E-state index contributed by atoms with van der Waals surface area (Å²) in [5.74, 6) is -3.25. The van der Waals surface area contributed by atoms with Crippen molar-refractivity contribution in [2.45, 2.75) is 6.92 Å². The highest BCUT2D eigenvalue weighted by Gasteiger charge is 2.41. The third-order valence-electron chi connectivity index (χ3n) is 3.67. The Labute approximate surface area is 141 Å². The van der Waals surface area contributed by atoms with Gasteiger partial charge in [-0.05, 0) is 13.0 Å². The van der Waals surface area contributed by atoms with Crippen LogP contribution in [0.5, 0.6) is 0 Å². The quantitative estimate of drug-likeness (QED) is 0.442. The number of esters is 1. The van der Waals surface area contributed by atoms with Crippen molar-refractivity contribution in [2.75, 3.05) is 18.1 Å². The Morgan fingerprint density at radius 3 is 2.32 bits per heavy atom. The second-order valence-electron chi connectivity index (χ2n) is 5.20. The molecule has 0 aliphatic carbocycles. The van der Waals surface area contributed by atoms with E-state index in [9.17, 15) is 24.0 Å². The van der Waals surface area contributed by atoms with E-state index < -0.39 is 35.3 Å². The third kappa shape index (κ3) is 2.75. The number of hydrogen-bond donors (Lipinski definition) is 2. The topological polar surface area (TPSA) is 122 Å². The third-order valence-corrected chi connectivity index (χ3v) is 3.67. The van der Waals surface area contributed by atoms with Gasteiger partial charge < -0.3 is 4.74 Å². The van der Waals surface area contributed by atoms with Gasteiger partial charge in [0.05, 0.1) is 17.9 Å². The predicted molar refractivity (Wildman–Crippen MR) is 84.0 cm³/mol. The number of para-hydroxylation sites is 1. The number of imide groups is 2. The molecule has 5 amide bonds. The van der Waals surface area contributed by atoms with Crippen molar-refractivity contribution in [2.24, 2.45) is 0 Å². The summed E-state index contributed by atoms with van der Waals surface area (Å²) in [6, 6.07) is 5.47. The number of rotatable bonds is 3. The molecule has 3 rings (SSSR count). The number of amides is 5. The first-order valence-electron chi connectivity index (χ1n) is 7.41. The van der Waals surface area contributed by atoms with Gasteiger partial charge in [0, 0.05) is 5.56 Å². The molecule has 9 nitrogen and oxygen atoms in total. The fourth-order valence-corrected chi connectivity index (χ4v) is 2.71. The number of nitrogens with one attached hydrogen (secondary N) is 2. The first kappa shape index (κ1) is 16.4. The van der Waals surface area contributed by atoms with Crippen LogP contribution in [0.25, 0.3) is 5.57 Å². The van der Waals surface area contributed by atoms with Crippen molar-refractivity contribution in [3.8, 4) is 0 Å². The number of urea groups is 1. The number of carbonyl (C=O) groups excluding carboxylic acids is 5. The highest BCUT2D eigenvalue weighted by atomic mass is 16.5. The molecule has 0 atom stereocenters. The molecule has 128 valence electrons. The summed E-state index contributed by atoms with van der Waals surface area (Å²) in [6.07, 6.45) is 0. The zero-order chi connectivity index (χ0) is 18.1. The summed E-state index contributed by atoms with van der Waals surface area (Å²) >= 11 is 0. The van der Waals surface area contributed by atoms with Crippen LogP contribution in [0, 0.1) is 0 Å². The zero-order valence-electron chi connectivity index (χ0n) is 13.1. The Bertz CT molecular complexity index is 835. The molecule has 1 saturated heterocycles. The predicted octanol–water partition coefficient (Wildman–Crippen LogP) is -0.284. The number of fused-ring (bicyclic) bond motifs is 1. The second kappa shape index (κ2) is 6.19. The van der Waals surface area contributed by atoms with E-state index in [0.29, 0.717) is 11.3 Å². The number of carbonyl (C=O) groups is 5. The van der Waals surface area contributed by atoms with Crippen LogP contribution in [-0.2, 0) is 23.9 Å². The first-order valence-corrected chi connectivity index (χ1v) is 7.41. The van der Waals surface area contributed by atoms with E-state index in [1.165, 1.54) is 0 Å². The summed E-state index contributed by atoms with van der Waals surface area (Å²) in [7, 11) is 0. The van der Waals surface area contributed by atoms with Gasteiger partial charge in [-0.15, -0.1) is 0 Å². The first-order chi connectivity index (χ1) is 11.9. The molecule has 0 bridgehead atoms. The SMILES string of the molecule is CCOC(=O)CN1C(=O)C(=C2C(=O)NC(=O)NC2=O)c2ccccc21. The van der Waals surface area contributed by atoms with E-state index in [-0.39, 0.29) is 18.7 Å². The standard InChI is InChI=1S/C16H13N3O6/c1-2-25-10(20)7-19-9-6-4-3-5-8(9)11(15(19)23)12-13(21)17-16(24)18-14(12)22/h3-6H,2,7H2,1H3,(H2,17,18,21,22,24). The van der Waals surface area contributed by atoms with E-state index in [1.54, 1.807) is 31.2 Å². The molecule has 9 heteroatoms. The number of anilines is 1. The smallest absolute Gasteiger partial charge is 0.328 e. The van der Waals surface area contributed by atoms with Gasteiger partial charge in [0.15, 0.2) is 0 Å². The Balaban J connectivity index is 2.10. The fourth-order valence-electron chi connectivity index (χ4n) is 2.71.